The predicted molar refractivity (Wildman–Crippen MR) is 89.8 cm³/mol. The molecule has 7 atom stereocenters. The summed E-state index contributed by atoms with van der Waals surface area (Å²) in [6.07, 6.45) is 11.7. The van der Waals surface area contributed by atoms with Crippen LogP contribution in [0.4, 0.5) is 0 Å². The summed E-state index contributed by atoms with van der Waals surface area (Å²) in [4.78, 5) is 0. The highest BCUT2D eigenvalue weighted by atomic mass is 16.5. The normalized spacial score (nSPS) is 51.4. The van der Waals surface area contributed by atoms with Gasteiger partial charge in [0.25, 0.3) is 0 Å². The molecule has 0 radical (unpaired) electrons. The van der Waals surface area contributed by atoms with Gasteiger partial charge >= 0.3 is 0 Å². The van der Waals surface area contributed by atoms with Gasteiger partial charge in [-0.05, 0) is 54.1 Å². The van der Waals surface area contributed by atoms with E-state index in [1.807, 2.05) is 12.2 Å². The second kappa shape index (κ2) is 5.05. The van der Waals surface area contributed by atoms with Crippen LogP contribution in [0.5, 0.6) is 0 Å². The lowest BCUT2D eigenvalue weighted by Crippen LogP contribution is -2.51. The molecule has 0 aliphatic heterocycles. The summed E-state index contributed by atoms with van der Waals surface area (Å²) in [5, 5.41) is 20.5. The number of hydrogen-bond acceptors (Lipinski definition) is 3. The van der Waals surface area contributed by atoms with Gasteiger partial charge in [0.05, 0.1) is 18.3 Å². The van der Waals surface area contributed by atoms with E-state index in [9.17, 15) is 10.2 Å². The molecule has 1 saturated carbocycles. The number of hydrogen-bond donors (Lipinski definition) is 2. The Bertz CT molecular complexity index is 604. The van der Waals surface area contributed by atoms with E-state index in [1.165, 1.54) is 11.1 Å². The summed E-state index contributed by atoms with van der Waals surface area (Å²) < 4.78 is 5.90. The van der Waals surface area contributed by atoms with Crippen LogP contribution in [0, 0.1) is 22.7 Å². The summed E-state index contributed by atoms with van der Waals surface area (Å²) in [7, 11) is 1.80. The highest BCUT2D eigenvalue weighted by Crippen LogP contribution is 2.61. The standard InChI is InChI=1S/C20H28O3/c1-19-8-6-13(21)10-12(19)11-16(23-3)18-14-4-5-17(22)20(14,2)9-7-15(18)19/h4-6,8,12-13,15-17,21-22H,7,9-11H2,1-3H3/t12?,13-,15-,16-,17-,19-,20-/m0/s1. The first-order valence-electron chi connectivity index (χ1n) is 8.91. The summed E-state index contributed by atoms with van der Waals surface area (Å²) in [5.41, 5.74) is 2.67. The minimum atomic E-state index is -0.377. The average Bonchev–Trinajstić information content (AvgIpc) is 2.83. The van der Waals surface area contributed by atoms with Crippen LogP contribution in [-0.4, -0.2) is 35.6 Å². The number of aliphatic hydroxyl groups excluding tert-OH is 2. The topological polar surface area (TPSA) is 49.7 Å². The van der Waals surface area contributed by atoms with E-state index < -0.39 is 0 Å². The molecule has 2 N–H and O–H groups in total. The summed E-state index contributed by atoms with van der Waals surface area (Å²) >= 11 is 0. The Morgan fingerprint density at radius 1 is 1.17 bits per heavy atom. The molecule has 1 unspecified atom stereocenters. The van der Waals surface area contributed by atoms with Crippen molar-refractivity contribution in [3.8, 4) is 0 Å². The van der Waals surface area contributed by atoms with Crippen LogP contribution < -0.4 is 0 Å². The van der Waals surface area contributed by atoms with Gasteiger partial charge in [-0.25, -0.2) is 0 Å². The molecule has 1 fully saturated rings. The SMILES string of the molecule is CO[C@H]1CC2C[C@@H](O)C=C[C@]2(C)[C@H]2CC[C@@]3(C)C(=C12)C=C[C@@H]3O. The molecule has 3 heteroatoms. The molecular formula is C20H28O3. The van der Waals surface area contributed by atoms with Gasteiger partial charge in [-0.2, -0.15) is 0 Å². The van der Waals surface area contributed by atoms with Crippen molar-refractivity contribution in [3.05, 3.63) is 35.5 Å². The lowest BCUT2D eigenvalue weighted by Gasteiger charge is -2.56. The van der Waals surface area contributed by atoms with Crippen LogP contribution in [0.25, 0.3) is 0 Å². The summed E-state index contributed by atoms with van der Waals surface area (Å²) in [6.45, 7) is 4.55. The molecule has 0 spiro atoms. The van der Waals surface area contributed by atoms with E-state index in [0.29, 0.717) is 11.8 Å². The third-order valence-electron chi connectivity index (χ3n) is 7.32. The first kappa shape index (κ1) is 15.6. The Balaban J connectivity index is 1.85. The molecule has 0 aromatic carbocycles. The fraction of sp³-hybridized carbons (Fsp3) is 0.700. The van der Waals surface area contributed by atoms with E-state index in [1.54, 1.807) is 7.11 Å². The molecule has 0 amide bonds. The molecule has 4 rings (SSSR count). The maximum Gasteiger partial charge on any atom is 0.0817 e. The zero-order chi connectivity index (χ0) is 16.4. The Labute approximate surface area is 138 Å². The second-order valence-electron chi connectivity index (χ2n) is 8.37. The zero-order valence-electron chi connectivity index (χ0n) is 14.3. The molecule has 3 nitrogen and oxygen atoms in total. The molecule has 4 aliphatic carbocycles. The van der Waals surface area contributed by atoms with Gasteiger partial charge in [-0.1, -0.05) is 38.2 Å². The van der Waals surface area contributed by atoms with Crippen LogP contribution in [0.3, 0.4) is 0 Å². The van der Waals surface area contributed by atoms with E-state index in [2.05, 4.69) is 26.0 Å². The van der Waals surface area contributed by atoms with Crippen molar-refractivity contribution in [2.24, 2.45) is 22.7 Å². The largest absolute Gasteiger partial charge is 0.389 e. The van der Waals surface area contributed by atoms with E-state index in [-0.39, 0.29) is 29.1 Å². The molecule has 0 aromatic heterocycles. The average molecular weight is 316 g/mol. The minimum absolute atomic E-state index is 0.0965. The first-order chi connectivity index (χ1) is 10.9. The van der Waals surface area contributed by atoms with E-state index >= 15 is 0 Å². The third kappa shape index (κ3) is 2.00. The quantitative estimate of drug-likeness (QED) is 0.731. The third-order valence-corrected chi connectivity index (χ3v) is 7.32. The van der Waals surface area contributed by atoms with Gasteiger partial charge < -0.3 is 14.9 Å². The zero-order valence-corrected chi connectivity index (χ0v) is 14.3. The lowest BCUT2D eigenvalue weighted by molar-refractivity contribution is -0.0225. The van der Waals surface area contributed by atoms with Crippen molar-refractivity contribution in [2.75, 3.05) is 7.11 Å². The van der Waals surface area contributed by atoms with Crippen molar-refractivity contribution in [3.63, 3.8) is 0 Å². The van der Waals surface area contributed by atoms with Crippen molar-refractivity contribution in [2.45, 2.75) is 57.8 Å². The van der Waals surface area contributed by atoms with Crippen LogP contribution in [-0.2, 0) is 4.74 Å². The van der Waals surface area contributed by atoms with E-state index in [4.69, 9.17) is 4.74 Å². The fourth-order valence-corrected chi connectivity index (χ4v) is 5.73. The van der Waals surface area contributed by atoms with Crippen LogP contribution in [0.1, 0.15) is 39.5 Å². The van der Waals surface area contributed by atoms with Crippen LogP contribution >= 0.6 is 0 Å². The molecule has 4 aliphatic rings. The van der Waals surface area contributed by atoms with Gasteiger partial charge in [0, 0.05) is 12.5 Å². The fourth-order valence-electron chi connectivity index (χ4n) is 5.73. The number of ether oxygens (including phenoxy) is 1. The Morgan fingerprint density at radius 3 is 2.70 bits per heavy atom. The van der Waals surface area contributed by atoms with Gasteiger partial charge in [-0.3, -0.25) is 0 Å². The van der Waals surface area contributed by atoms with Crippen LogP contribution in [0.2, 0.25) is 0 Å². The molecule has 126 valence electrons. The molecule has 0 aromatic rings. The summed E-state index contributed by atoms with van der Waals surface area (Å²) in [6, 6.07) is 0. The molecular weight excluding hydrogens is 288 g/mol. The van der Waals surface area contributed by atoms with Gasteiger partial charge in [0.1, 0.15) is 0 Å². The maximum absolute atomic E-state index is 10.5. The molecule has 0 bridgehead atoms. The Hall–Kier alpha value is -0.900. The molecule has 0 saturated heterocycles. The maximum atomic E-state index is 10.5. The van der Waals surface area contributed by atoms with Crippen molar-refractivity contribution < 1.29 is 14.9 Å². The predicted octanol–water partition coefficient (Wildman–Crippen LogP) is 2.99. The molecule has 0 heterocycles. The summed E-state index contributed by atoms with van der Waals surface area (Å²) in [5.74, 6) is 0.912. The van der Waals surface area contributed by atoms with Crippen molar-refractivity contribution in [1.29, 1.82) is 0 Å². The highest BCUT2D eigenvalue weighted by molar-refractivity contribution is 5.46. The minimum Gasteiger partial charge on any atom is -0.389 e. The van der Waals surface area contributed by atoms with E-state index in [0.717, 1.165) is 25.7 Å². The number of fused-ring (bicyclic) bond motifs is 4. The van der Waals surface area contributed by atoms with Gasteiger partial charge in [0.2, 0.25) is 0 Å². The monoisotopic (exact) mass is 316 g/mol. The number of allylic oxidation sites excluding steroid dienone is 2. The lowest BCUT2D eigenvalue weighted by atomic mass is 9.50. The first-order valence-corrected chi connectivity index (χ1v) is 8.91. The number of aliphatic hydroxyl groups is 2. The Morgan fingerprint density at radius 2 is 1.96 bits per heavy atom. The van der Waals surface area contributed by atoms with Gasteiger partial charge in [0.15, 0.2) is 0 Å². The number of rotatable bonds is 1. The van der Waals surface area contributed by atoms with Crippen molar-refractivity contribution >= 4 is 0 Å². The van der Waals surface area contributed by atoms with Crippen LogP contribution in [0.15, 0.2) is 35.5 Å². The molecule has 23 heavy (non-hydrogen) atoms. The Kier molecular flexibility index (Phi) is 3.43. The second-order valence-corrected chi connectivity index (χ2v) is 8.37. The highest BCUT2D eigenvalue weighted by Gasteiger charge is 2.55. The number of methoxy groups -OCH3 is 1. The van der Waals surface area contributed by atoms with Crippen molar-refractivity contribution in [1.82, 2.24) is 0 Å². The smallest absolute Gasteiger partial charge is 0.0817 e. The van der Waals surface area contributed by atoms with Gasteiger partial charge in [-0.15, -0.1) is 0 Å².